The number of ether oxygens (including phenoxy) is 2. The number of rotatable bonds is 4. The number of hydrogen-bond acceptors (Lipinski definition) is 4. The van der Waals surface area contributed by atoms with Gasteiger partial charge in [0.1, 0.15) is 0 Å². The van der Waals surface area contributed by atoms with Crippen molar-refractivity contribution in [2.45, 2.75) is 26.7 Å². The maximum atomic E-state index is 11.2. The molecule has 1 aliphatic heterocycles. The number of hydrogen-bond donors (Lipinski definition) is 0. The number of benzene rings is 1. The summed E-state index contributed by atoms with van der Waals surface area (Å²) in [4.78, 5) is 10.8. The Labute approximate surface area is 112 Å². The molecule has 2 rings (SSSR count). The molecule has 1 heterocycles. The number of nitrogens with zero attached hydrogens (tertiary/aromatic N) is 1. The molecule has 1 aromatic rings. The van der Waals surface area contributed by atoms with E-state index in [1.807, 2.05) is 13.0 Å². The first-order valence-corrected chi connectivity index (χ1v) is 6.54. The molecule has 1 fully saturated rings. The smallest absolute Gasteiger partial charge is 0.314 e. The van der Waals surface area contributed by atoms with Gasteiger partial charge in [-0.05, 0) is 38.2 Å². The van der Waals surface area contributed by atoms with E-state index in [0.29, 0.717) is 23.8 Å². The van der Waals surface area contributed by atoms with E-state index in [2.05, 4.69) is 0 Å². The van der Waals surface area contributed by atoms with Crippen LogP contribution >= 0.6 is 0 Å². The summed E-state index contributed by atoms with van der Waals surface area (Å²) in [6.45, 7) is 5.60. The zero-order chi connectivity index (χ0) is 13.8. The third-order valence-corrected chi connectivity index (χ3v) is 3.52. The first-order valence-electron chi connectivity index (χ1n) is 6.54. The van der Waals surface area contributed by atoms with Crippen LogP contribution in [0.5, 0.6) is 5.75 Å². The first-order chi connectivity index (χ1) is 9.09. The van der Waals surface area contributed by atoms with Gasteiger partial charge in [0.2, 0.25) is 0 Å². The highest BCUT2D eigenvalue weighted by atomic mass is 16.6. The minimum absolute atomic E-state index is 0.0899. The molecule has 0 bridgehead atoms. The quantitative estimate of drug-likeness (QED) is 0.620. The molecule has 104 valence electrons. The lowest BCUT2D eigenvalue weighted by Crippen LogP contribution is -2.21. The number of aryl methyl sites for hydroxylation is 2. The van der Waals surface area contributed by atoms with Crippen molar-refractivity contribution in [2.24, 2.45) is 5.92 Å². The van der Waals surface area contributed by atoms with Gasteiger partial charge in [-0.15, -0.1) is 0 Å². The molecule has 0 unspecified atom stereocenters. The zero-order valence-corrected chi connectivity index (χ0v) is 11.3. The highest BCUT2D eigenvalue weighted by molar-refractivity contribution is 5.56. The molecular weight excluding hydrogens is 246 g/mol. The molecule has 0 aromatic heterocycles. The van der Waals surface area contributed by atoms with Crippen molar-refractivity contribution in [1.29, 1.82) is 0 Å². The molecule has 0 spiro atoms. The van der Waals surface area contributed by atoms with Crippen molar-refractivity contribution in [1.82, 2.24) is 0 Å². The minimum Gasteiger partial charge on any atom is -0.486 e. The molecule has 1 aliphatic rings. The Morgan fingerprint density at radius 3 is 2.58 bits per heavy atom. The van der Waals surface area contributed by atoms with Crippen molar-refractivity contribution < 1.29 is 14.4 Å². The maximum Gasteiger partial charge on any atom is 0.314 e. The van der Waals surface area contributed by atoms with Gasteiger partial charge in [-0.25, -0.2) is 0 Å². The van der Waals surface area contributed by atoms with Crippen LogP contribution in [0.25, 0.3) is 0 Å². The number of nitro benzene ring substituents is 1. The van der Waals surface area contributed by atoms with Crippen LogP contribution in [-0.4, -0.2) is 24.7 Å². The standard InChI is InChI=1S/C14H19NO4/c1-10-3-4-11(2)14(13(10)15(16)17)19-9-12-5-7-18-8-6-12/h3-4,12H,5-9H2,1-2H3. The van der Waals surface area contributed by atoms with Crippen LogP contribution < -0.4 is 4.74 Å². The summed E-state index contributed by atoms with van der Waals surface area (Å²) >= 11 is 0. The fourth-order valence-corrected chi connectivity index (χ4v) is 2.29. The lowest BCUT2D eigenvalue weighted by molar-refractivity contribution is -0.386. The summed E-state index contributed by atoms with van der Waals surface area (Å²) < 4.78 is 11.0. The molecular formula is C14H19NO4. The highest BCUT2D eigenvalue weighted by Crippen LogP contribution is 2.34. The van der Waals surface area contributed by atoms with Crippen molar-refractivity contribution in [3.05, 3.63) is 33.4 Å². The van der Waals surface area contributed by atoms with Gasteiger partial charge in [-0.2, -0.15) is 0 Å². The summed E-state index contributed by atoms with van der Waals surface area (Å²) in [6.07, 6.45) is 1.91. The monoisotopic (exact) mass is 265 g/mol. The normalized spacial score (nSPS) is 16.3. The Kier molecular flexibility index (Phi) is 4.37. The summed E-state index contributed by atoms with van der Waals surface area (Å²) in [7, 11) is 0. The van der Waals surface area contributed by atoms with Crippen molar-refractivity contribution in [3.8, 4) is 5.75 Å². The lowest BCUT2D eigenvalue weighted by Gasteiger charge is -2.22. The van der Waals surface area contributed by atoms with E-state index >= 15 is 0 Å². The Morgan fingerprint density at radius 1 is 1.32 bits per heavy atom. The Balaban J connectivity index is 2.14. The van der Waals surface area contributed by atoms with Crippen molar-refractivity contribution >= 4 is 5.69 Å². The molecule has 19 heavy (non-hydrogen) atoms. The van der Waals surface area contributed by atoms with Crippen LogP contribution in [0.1, 0.15) is 24.0 Å². The zero-order valence-electron chi connectivity index (χ0n) is 11.3. The largest absolute Gasteiger partial charge is 0.486 e. The average Bonchev–Trinajstić information content (AvgIpc) is 2.40. The average molecular weight is 265 g/mol. The first kappa shape index (κ1) is 13.8. The van der Waals surface area contributed by atoms with Gasteiger partial charge in [-0.1, -0.05) is 12.1 Å². The summed E-state index contributed by atoms with van der Waals surface area (Å²) in [5.41, 5.74) is 1.54. The van der Waals surface area contributed by atoms with Crippen molar-refractivity contribution in [3.63, 3.8) is 0 Å². The van der Waals surface area contributed by atoms with E-state index < -0.39 is 0 Å². The fraction of sp³-hybridized carbons (Fsp3) is 0.571. The molecule has 0 N–H and O–H groups in total. The topological polar surface area (TPSA) is 61.6 Å². The number of nitro groups is 1. The molecule has 0 atom stereocenters. The van der Waals surface area contributed by atoms with Crippen LogP contribution in [0.15, 0.2) is 12.1 Å². The second-order valence-corrected chi connectivity index (χ2v) is 5.00. The minimum atomic E-state index is -0.359. The molecule has 0 amide bonds. The third kappa shape index (κ3) is 3.23. The van der Waals surface area contributed by atoms with Gasteiger partial charge in [0.25, 0.3) is 0 Å². The molecule has 5 heteroatoms. The van der Waals surface area contributed by atoms with E-state index in [0.717, 1.165) is 31.6 Å². The van der Waals surface area contributed by atoms with E-state index in [9.17, 15) is 10.1 Å². The van der Waals surface area contributed by atoms with Gasteiger partial charge in [-0.3, -0.25) is 10.1 Å². The van der Waals surface area contributed by atoms with Crippen molar-refractivity contribution in [2.75, 3.05) is 19.8 Å². The van der Waals surface area contributed by atoms with Gasteiger partial charge in [0.15, 0.2) is 5.75 Å². The fourth-order valence-electron chi connectivity index (χ4n) is 2.29. The molecule has 5 nitrogen and oxygen atoms in total. The van der Waals surface area contributed by atoms with Crippen LogP contribution in [0.2, 0.25) is 0 Å². The SMILES string of the molecule is Cc1ccc(C)c([N+](=O)[O-])c1OCC1CCOCC1. The maximum absolute atomic E-state index is 11.2. The molecule has 0 radical (unpaired) electrons. The Bertz CT molecular complexity index is 467. The van der Waals surface area contributed by atoms with Crippen LogP contribution in [0.3, 0.4) is 0 Å². The predicted octanol–water partition coefficient (Wildman–Crippen LogP) is 3.02. The summed E-state index contributed by atoms with van der Waals surface area (Å²) in [6, 6.07) is 3.62. The Morgan fingerprint density at radius 2 is 1.95 bits per heavy atom. The molecule has 0 saturated carbocycles. The molecule has 0 aliphatic carbocycles. The summed E-state index contributed by atoms with van der Waals surface area (Å²) in [5, 5.41) is 11.2. The second kappa shape index (κ2) is 6.02. The lowest BCUT2D eigenvalue weighted by atomic mass is 10.0. The predicted molar refractivity (Wildman–Crippen MR) is 71.6 cm³/mol. The molecule has 1 aromatic carbocycles. The van der Waals surface area contributed by atoms with Gasteiger partial charge in [0.05, 0.1) is 11.5 Å². The van der Waals surface area contributed by atoms with Crippen LogP contribution in [-0.2, 0) is 4.74 Å². The highest BCUT2D eigenvalue weighted by Gasteiger charge is 2.22. The van der Waals surface area contributed by atoms with E-state index in [4.69, 9.17) is 9.47 Å². The van der Waals surface area contributed by atoms with Gasteiger partial charge < -0.3 is 9.47 Å². The summed E-state index contributed by atoms with van der Waals surface area (Å²) in [5.74, 6) is 0.838. The third-order valence-electron chi connectivity index (χ3n) is 3.52. The Hall–Kier alpha value is -1.62. The van der Waals surface area contributed by atoms with E-state index in [-0.39, 0.29) is 10.6 Å². The van der Waals surface area contributed by atoms with E-state index in [1.54, 1.807) is 13.0 Å². The van der Waals surface area contributed by atoms with Gasteiger partial charge in [0, 0.05) is 18.8 Å². The van der Waals surface area contributed by atoms with Crippen LogP contribution in [0.4, 0.5) is 5.69 Å². The second-order valence-electron chi connectivity index (χ2n) is 5.00. The van der Waals surface area contributed by atoms with Crippen LogP contribution in [0, 0.1) is 29.9 Å². The van der Waals surface area contributed by atoms with E-state index in [1.165, 1.54) is 0 Å². The molecule has 1 saturated heterocycles. The van der Waals surface area contributed by atoms with Gasteiger partial charge >= 0.3 is 5.69 Å².